The topological polar surface area (TPSA) is 34.1 Å². The first-order chi connectivity index (χ1) is 7.01. The zero-order valence-electron chi connectivity index (χ0n) is 10.0. The van der Waals surface area contributed by atoms with E-state index in [-0.39, 0.29) is 5.60 Å². The number of anilines is 1. The molecule has 0 saturated carbocycles. The van der Waals surface area contributed by atoms with Crippen LogP contribution in [-0.4, -0.2) is 17.1 Å². The summed E-state index contributed by atoms with van der Waals surface area (Å²) in [5.74, 6) is 1.54. The van der Waals surface area contributed by atoms with Gasteiger partial charge in [-0.3, -0.25) is 0 Å². The van der Waals surface area contributed by atoms with Crippen molar-refractivity contribution in [2.45, 2.75) is 39.7 Å². The van der Waals surface area contributed by atoms with Crippen LogP contribution in [0.1, 0.15) is 34.1 Å². The normalized spacial score (nSPS) is 11.2. The molecule has 0 spiro atoms. The molecule has 0 saturated heterocycles. The van der Waals surface area contributed by atoms with E-state index >= 15 is 0 Å². The van der Waals surface area contributed by atoms with Crippen molar-refractivity contribution in [3.63, 3.8) is 0 Å². The highest BCUT2D eigenvalue weighted by Gasteiger charge is 2.12. The number of rotatable bonds is 4. The maximum absolute atomic E-state index is 5.67. The van der Waals surface area contributed by atoms with Gasteiger partial charge < -0.3 is 10.1 Å². The molecule has 0 aromatic carbocycles. The van der Waals surface area contributed by atoms with E-state index in [1.807, 2.05) is 39.0 Å². The molecule has 1 heterocycles. The van der Waals surface area contributed by atoms with Crippen LogP contribution < -0.4 is 10.1 Å². The van der Waals surface area contributed by atoms with Gasteiger partial charge in [-0.1, -0.05) is 13.0 Å². The minimum absolute atomic E-state index is 0.198. The van der Waals surface area contributed by atoms with Crippen LogP contribution in [0.15, 0.2) is 18.2 Å². The van der Waals surface area contributed by atoms with Gasteiger partial charge in [0.15, 0.2) is 0 Å². The predicted molar refractivity (Wildman–Crippen MR) is 63.4 cm³/mol. The second kappa shape index (κ2) is 5.01. The molecule has 0 fully saturated rings. The summed E-state index contributed by atoms with van der Waals surface area (Å²) in [6.07, 6.45) is 1.09. The molecule has 1 N–H and O–H groups in total. The van der Waals surface area contributed by atoms with Crippen LogP contribution in [0, 0.1) is 0 Å². The molecule has 1 aromatic heterocycles. The van der Waals surface area contributed by atoms with Crippen molar-refractivity contribution >= 4 is 5.82 Å². The van der Waals surface area contributed by atoms with Crippen LogP contribution >= 0.6 is 0 Å². The van der Waals surface area contributed by atoms with E-state index in [0.29, 0.717) is 5.88 Å². The summed E-state index contributed by atoms with van der Waals surface area (Å²) >= 11 is 0. The van der Waals surface area contributed by atoms with Gasteiger partial charge in [0, 0.05) is 12.6 Å². The molecule has 15 heavy (non-hydrogen) atoms. The number of aromatic nitrogens is 1. The lowest BCUT2D eigenvalue weighted by Crippen LogP contribution is -2.23. The smallest absolute Gasteiger partial charge is 0.215 e. The number of hydrogen-bond donors (Lipinski definition) is 1. The van der Waals surface area contributed by atoms with Crippen molar-refractivity contribution in [1.29, 1.82) is 0 Å². The average molecular weight is 208 g/mol. The van der Waals surface area contributed by atoms with Gasteiger partial charge in [-0.2, -0.15) is 4.98 Å². The Bertz CT molecular complexity index is 305. The van der Waals surface area contributed by atoms with Crippen molar-refractivity contribution in [3.05, 3.63) is 18.2 Å². The summed E-state index contributed by atoms with van der Waals surface area (Å²) in [4.78, 5) is 4.36. The Morgan fingerprint density at radius 2 is 2.07 bits per heavy atom. The third kappa shape index (κ3) is 4.68. The molecule has 3 heteroatoms. The van der Waals surface area contributed by atoms with Crippen molar-refractivity contribution in [2.75, 3.05) is 11.9 Å². The highest BCUT2D eigenvalue weighted by Crippen LogP contribution is 2.17. The standard InChI is InChI=1S/C12H20N2O/c1-5-9-13-10-7-6-8-11(14-10)15-12(2,3)4/h6-8H,5,9H2,1-4H3,(H,13,14). The second-order valence-electron chi connectivity index (χ2n) is 4.50. The number of nitrogens with zero attached hydrogens (tertiary/aromatic N) is 1. The zero-order chi connectivity index (χ0) is 11.3. The van der Waals surface area contributed by atoms with E-state index in [9.17, 15) is 0 Å². The molecule has 0 atom stereocenters. The van der Waals surface area contributed by atoms with Gasteiger partial charge in [-0.05, 0) is 33.3 Å². The van der Waals surface area contributed by atoms with E-state index in [0.717, 1.165) is 18.8 Å². The van der Waals surface area contributed by atoms with Crippen LogP contribution in [0.25, 0.3) is 0 Å². The molecule has 0 aliphatic heterocycles. The lowest BCUT2D eigenvalue weighted by Gasteiger charge is -2.20. The third-order valence-electron chi connectivity index (χ3n) is 1.69. The summed E-state index contributed by atoms with van der Waals surface area (Å²) < 4.78 is 5.67. The Kier molecular flexibility index (Phi) is 3.95. The number of nitrogens with one attached hydrogen (secondary N) is 1. The highest BCUT2D eigenvalue weighted by molar-refractivity contribution is 5.36. The second-order valence-corrected chi connectivity index (χ2v) is 4.50. The number of ether oxygens (including phenoxy) is 1. The van der Waals surface area contributed by atoms with Gasteiger partial charge in [0.25, 0.3) is 0 Å². The maximum Gasteiger partial charge on any atom is 0.215 e. The molecule has 0 unspecified atom stereocenters. The van der Waals surface area contributed by atoms with Crippen molar-refractivity contribution in [1.82, 2.24) is 4.98 Å². The molecule has 84 valence electrons. The van der Waals surface area contributed by atoms with Crippen LogP contribution in [0.2, 0.25) is 0 Å². The van der Waals surface area contributed by atoms with Crippen molar-refractivity contribution < 1.29 is 4.74 Å². The molecular weight excluding hydrogens is 188 g/mol. The molecule has 0 bridgehead atoms. The molecule has 1 rings (SSSR count). The Balaban J connectivity index is 2.66. The molecule has 0 amide bonds. The monoisotopic (exact) mass is 208 g/mol. The average Bonchev–Trinajstić information content (AvgIpc) is 2.12. The van der Waals surface area contributed by atoms with Crippen LogP contribution in [-0.2, 0) is 0 Å². The maximum atomic E-state index is 5.67. The van der Waals surface area contributed by atoms with Crippen LogP contribution in [0.5, 0.6) is 5.88 Å². The van der Waals surface area contributed by atoms with Gasteiger partial charge in [0.2, 0.25) is 5.88 Å². The van der Waals surface area contributed by atoms with Gasteiger partial charge >= 0.3 is 0 Å². The first-order valence-electron chi connectivity index (χ1n) is 5.41. The van der Waals surface area contributed by atoms with Gasteiger partial charge in [0.1, 0.15) is 11.4 Å². The van der Waals surface area contributed by atoms with Gasteiger partial charge in [-0.15, -0.1) is 0 Å². The fourth-order valence-electron chi connectivity index (χ4n) is 1.14. The summed E-state index contributed by atoms with van der Waals surface area (Å²) in [6.45, 7) is 9.11. The van der Waals surface area contributed by atoms with Crippen molar-refractivity contribution in [2.24, 2.45) is 0 Å². The Hall–Kier alpha value is -1.25. The first kappa shape index (κ1) is 11.8. The summed E-state index contributed by atoms with van der Waals surface area (Å²) in [6, 6.07) is 5.78. The molecule has 0 aliphatic rings. The molecule has 1 aromatic rings. The van der Waals surface area contributed by atoms with Crippen molar-refractivity contribution in [3.8, 4) is 5.88 Å². The molecule has 0 aliphatic carbocycles. The molecular formula is C12H20N2O. The number of pyridine rings is 1. The Morgan fingerprint density at radius 3 is 2.67 bits per heavy atom. The van der Waals surface area contributed by atoms with E-state index < -0.39 is 0 Å². The summed E-state index contributed by atoms with van der Waals surface area (Å²) in [5, 5.41) is 3.23. The fraction of sp³-hybridized carbons (Fsp3) is 0.583. The van der Waals surface area contributed by atoms with Crippen LogP contribution in [0.4, 0.5) is 5.82 Å². The summed E-state index contributed by atoms with van der Waals surface area (Å²) in [5.41, 5.74) is -0.198. The van der Waals surface area contributed by atoms with E-state index in [1.165, 1.54) is 0 Å². The molecule has 3 nitrogen and oxygen atoms in total. The largest absolute Gasteiger partial charge is 0.472 e. The lowest BCUT2D eigenvalue weighted by atomic mass is 10.2. The SMILES string of the molecule is CCCNc1cccc(OC(C)(C)C)n1. The van der Waals surface area contributed by atoms with E-state index in [1.54, 1.807) is 0 Å². The highest BCUT2D eigenvalue weighted by atomic mass is 16.5. The first-order valence-corrected chi connectivity index (χ1v) is 5.41. The van der Waals surface area contributed by atoms with E-state index in [4.69, 9.17) is 4.74 Å². The zero-order valence-corrected chi connectivity index (χ0v) is 10.0. The minimum atomic E-state index is -0.198. The Morgan fingerprint density at radius 1 is 1.33 bits per heavy atom. The predicted octanol–water partition coefficient (Wildman–Crippen LogP) is 3.08. The fourth-order valence-corrected chi connectivity index (χ4v) is 1.14. The molecule has 0 radical (unpaired) electrons. The Labute approximate surface area is 91.9 Å². The van der Waals surface area contributed by atoms with Gasteiger partial charge in [-0.25, -0.2) is 0 Å². The van der Waals surface area contributed by atoms with Gasteiger partial charge in [0.05, 0.1) is 0 Å². The number of hydrogen-bond acceptors (Lipinski definition) is 3. The third-order valence-corrected chi connectivity index (χ3v) is 1.69. The summed E-state index contributed by atoms with van der Waals surface area (Å²) in [7, 11) is 0. The lowest BCUT2D eigenvalue weighted by molar-refractivity contribution is 0.124. The van der Waals surface area contributed by atoms with E-state index in [2.05, 4.69) is 17.2 Å². The quantitative estimate of drug-likeness (QED) is 0.825. The minimum Gasteiger partial charge on any atom is -0.472 e. The van der Waals surface area contributed by atoms with Crippen LogP contribution in [0.3, 0.4) is 0 Å².